The number of aliphatic hydroxyl groups is 1. The maximum absolute atomic E-state index is 9.33. The zero-order valence-corrected chi connectivity index (χ0v) is 8.73. The van der Waals surface area contributed by atoms with Gasteiger partial charge in [0, 0.05) is 12.3 Å². The maximum Gasteiger partial charge on any atom is 0.547 e. The molecule has 1 atom stereocenters. The highest BCUT2D eigenvalue weighted by molar-refractivity contribution is 5.79. The summed E-state index contributed by atoms with van der Waals surface area (Å²) in [7, 11) is 0. The van der Waals surface area contributed by atoms with Crippen molar-refractivity contribution in [2.24, 2.45) is 10.7 Å². The Morgan fingerprint density at radius 3 is 3.27 bits per heavy atom. The maximum atomic E-state index is 9.33. The van der Waals surface area contributed by atoms with E-state index >= 15 is 0 Å². The topological polar surface area (TPSA) is 93.8 Å². The summed E-state index contributed by atoms with van der Waals surface area (Å²) < 4.78 is 5.02. The number of nitrogens with zero attached hydrogens (tertiary/aromatic N) is 1. The molecule has 0 aliphatic carbocycles. The van der Waals surface area contributed by atoms with E-state index in [0.29, 0.717) is 12.6 Å². The Kier molecular flexibility index (Phi) is 4.46. The Labute approximate surface area is 88.6 Å². The quantitative estimate of drug-likeness (QED) is 0.261. The molecule has 84 valence electrons. The lowest BCUT2D eigenvalue weighted by Crippen LogP contribution is -2.80. The lowest BCUT2D eigenvalue weighted by molar-refractivity contribution is -0.506. The van der Waals surface area contributed by atoms with Crippen LogP contribution in [0.1, 0.15) is 19.8 Å². The number of nitrogens with one attached hydrogen (secondary N) is 2. The van der Waals surface area contributed by atoms with Gasteiger partial charge in [0.05, 0.1) is 6.61 Å². The highest BCUT2D eigenvalue weighted by Crippen LogP contribution is 1.87. The van der Waals surface area contributed by atoms with E-state index in [9.17, 15) is 5.11 Å². The summed E-state index contributed by atoms with van der Waals surface area (Å²) in [4.78, 5) is 6.64. The Balaban J connectivity index is 2.40. The van der Waals surface area contributed by atoms with Crippen LogP contribution in [0.5, 0.6) is 0 Å². The van der Waals surface area contributed by atoms with Crippen molar-refractivity contribution in [1.82, 2.24) is 5.32 Å². The van der Waals surface area contributed by atoms with Crippen LogP contribution in [-0.4, -0.2) is 29.9 Å². The van der Waals surface area contributed by atoms with Crippen molar-refractivity contribution in [2.45, 2.75) is 25.9 Å². The average molecular weight is 213 g/mol. The predicted molar refractivity (Wildman–Crippen MR) is 57.1 cm³/mol. The predicted octanol–water partition coefficient (Wildman–Crippen LogP) is -1.44. The molecule has 0 saturated heterocycles. The number of aliphatic hydroxyl groups excluding tert-OH is 1. The summed E-state index contributed by atoms with van der Waals surface area (Å²) >= 11 is 0. The van der Waals surface area contributed by atoms with Gasteiger partial charge < -0.3 is 20.9 Å². The SMILES string of the molecule is CCCCOC(O)=[NH+]C1C=CNC(N)=N1. The molecule has 1 heterocycles. The van der Waals surface area contributed by atoms with Crippen LogP contribution >= 0.6 is 0 Å². The second kappa shape index (κ2) is 5.90. The molecule has 0 radical (unpaired) electrons. The highest BCUT2D eigenvalue weighted by Gasteiger charge is 2.14. The minimum Gasteiger partial charge on any atom is -0.430 e. The monoisotopic (exact) mass is 213 g/mol. The first-order valence-corrected chi connectivity index (χ1v) is 4.94. The molecule has 5 N–H and O–H groups in total. The minimum atomic E-state index is -0.382. The fourth-order valence-corrected chi connectivity index (χ4v) is 1.02. The van der Waals surface area contributed by atoms with Gasteiger partial charge in [-0.05, 0) is 6.42 Å². The minimum absolute atomic E-state index is 0.225. The Bertz CT molecular complexity index is 286. The number of rotatable bonds is 4. The fraction of sp³-hybridized carbons (Fsp3) is 0.556. The van der Waals surface area contributed by atoms with E-state index in [2.05, 4.69) is 15.3 Å². The summed E-state index contributed by atoms with van der Waals surface area (Å²) in [6, 6.07) is 0. The molecule has 6 heteroatoms. The van der Waals surface area contributed by atoms with Crippen molar-refractivity contribution < 1.29 is 14.8 Å². The molecule has 1 aliphatic rings. The van der Waals surface area contributed by atoms with Gasteiger partial charge in [-0.3, -0.25) is 0 Å². The van der Waals surface area contributed by atoms with E-state index in [-0.39, 0.29) is 12.2 Å². The van der Waals surface area contributed by atoms with Crippen molar-refractivity contribution in [3.05, 3.63) is 12.3 Å². The van der Waals surface area contributed by atoms with E-state index in [1.807, 2.05) is 6.92 Å². The van der Waals surface area contributed by atoms with Crippen LogP contribution < -0.4 is 16.0 Å². The van der Waals surface area contributed by atoms with E-state index in [1.165, 1.54) is 0 Å². The fourth-order valence-electron chi connectivity index (χ4n) is 1.02. The van der Waals surface area contributed by atoms with Gasteiger partial charge in [0.15, 0.2) is 5.96 Å². The summed E-state index contributed by atoms with van der Waals surface area (Å²) in [5, 5.41) is 12.0. The first kappa shape index (κ1) is 11.4. The number of hydrogen-bond donors (Lipinski definition) is 4. The van der Waals surface area contributed by atoms with Gasteiger partial charge >= 0.3 is 6.08 Å². The first-order chi connectivity index (χ1) is 7.22. The van der Waals surface area contributed by atoms with Crippen LogP contribution in [0.25, 0.3) is 0 Å². The largest absolute Gasteiger partial charge is 0.547 e. The average Bonchev–Trinajstić information content (AvgIpc) is 2.18. The van der Waals surface area contributed by atoms with Crippen molar-refractivity contribution in [1.29, 1.82) is 0 Å². The van der Waals surface area contributed by atoms with Gasteiger partial charge in [-0.1, -0.05) is 13.3 Å². The van der Waals surface area contributed by atoms with E-state index in [4.69, 9.17) is 10.5 Å². The third-order valence-corrected chi connectivity index (χ3v) is 1.80. The van der Waals surface area contributed by atoms with Crippen LogP contribution in [0, 0.1) is 0 Å². The molecule has 0 amide bonds. The Morgan fingerprint density at radius 1 is 1.80 bits per heavy atom. The van der Waals surface area contributed by atoms with Gasteiger partial charge in [-0.2, -0.15) is 4.99 Å². The molecule has 15 heavy (non-hydrogen) atoms. The molecule has 0 spiro atoms. The molecular formula is C9H17N4O2+. The lowest BCUT2D eigenvalue weighted by atomic mass is 10.4. The summed E-state index contributed by atoms with van der Waals surface area (Å²) in [6.07, 6.45) is 4.68. The van der Waals surface area contributed by atoms with Crippen LogP contribution in [0.15, 0.2) is 17.3 Å². The van der Waals surface area contributed by atoms with E-state index in [0.717, 1.165) is 12.8 Å². The second-order valence-electron chi connectivity index (χ2n) is 3.11. The molecule has 1 unspecified atom stereocenters. The van der Waals surface area contributed by atoms with Gasteiger partial charge in [-0.25, -0.2) is 0 Å². The standard InChI is InChI=1S/C9H16N4O2/c1-2-3-6-15-9(14)13-7-4-5-11-8(10)12-7/h4-5,7H,2-3,6H2,1H3,(H,13,14)(H3,10,11,12)/p+1. The molecule has 0 bridgehead atoms. The van der Waals surface area contributed by atoms with Gasteiger partial charge in [0.25, 0.3) is 6.17 Å². The van der Waals surface area contributed by atoms with Crippen LogP contribution in [0.4, 0.5) is 0 Å². The number of ether oxygens (including phenoxy) is 1. The lowest BCUT2D eigenvalue weighted by Gasteiger charge is -2.06. The molecular weight excluding hydrogens is 196 g/mol. The van der Waals surface area contributed by atoms with Crippen molar-refractivity contribution in [2.75, 3.05) is 6.61 Å². The number of unbranched alkanes of at least 4 members (excludes halogenated alkanes) is 1. The number of aliphatic imine (C=N–C) groups is 1. The number of hydrogen-bond acceptors (Lipinski definition) is 4. The Morgan fingerprint density at radius 2 is 2.60 bits per heavy atom. The first-order valence-electron chi connectivity index (χ1n) is 4.94. The number of guanidine groups is 1. The summed E-state index contributed by atoms with van der Waals surface area (Å²) in [5.74, 6) is 0.302. The van der Waals surface area contributed by atoms with Gasteiger partial charge in [-0.15, -0.1) is 4.99 Å². The normalized spacial score (nSPS) is 20.7. The van der Waals surface area contributed by atoms with Crippen molar-refractivity contribution in [3.8, 4) is 0 Å². The zero-order valence-electron chi connectivity index (χ0n) is 8.73. The van der Waals surface area contributed by atoms with Crippen LogP contribution in [0.2, 0.25) is 0 Å². The van der Waals surface area contributed by atoms with Crippen molar-refractivity contribution in [3.63, 3.8) is 0 Å². The molecule has 0 aromatic heterocycles. The van der Waals surface area contributed by atoms with E-state index in [1.54, 1.807) is 12.3 Å². The molecule has 0 fully saturated rings. The molecule has 0 aromatic carbocycles. The molecule has 0 saturated carbocycles. The Hall–Kier alpha value is -1.72. The molecule has 6 nitrogen and oxygen atoms in total. The molecule has 1 rings (SSSR count). The van der Waals surface area contributed by atoms with Crippen molar-refractivity contribution >= 4 is 12.0 Å². The van der Waals surface area contributed by atoms with Gasteiger partial charge in [0.1, 0.15) is 0 Å². The number of nitrogens with two attached hydrogens (primary N) is 1. The van der Waals surface area contributed by atoms with Gasteiger partial charge in [0.2, 0.25) is 0 Å². The molecule has 0 aromatic rings. The third-order valence-electron chi connectivity index (χ3n) is 1.80. The second-order valence-corrected chi connectivity index (χ2v) is 3.11. The van der Waals surface area contributed by atoms with Crippen LogP contribution in [-0.2, 0) is 4.74 Å². The highest BCUT2D eigenvalue weighted by atomic mass is 16.6. The van der Waals surface area contributed by atoms with Crippen LogP contribution in [0.3, 0.4) is 0 Å². The zero-order chi connectivity index (χ0) is 11.1. The molecule has 1 aliphatic heterocycles. The summed E-state index contributed by atoms with van der Waals surface area (Å²) in [5.41, 5.74) is 5.44. The van der Waals surface area contributed by atoms with E-state index < -0.39 is 0 Å². The third kappa shape index (κ3) is 4.35. The summed E-state index contributed by atoms with van der Waals surface area (Å²) in [6.45, 7) is 2.54. The smallest absolute Gasteiger partial charge is 0.430 e.